The first kappa shape index (κ1) is 14.9. The van der Waals surface area contributed by atoms with Gasteiger partial charge in [-0.15, -0.1) is 0 Å². The first-order valence-corrected chi connectivity index (χ1v) is 5.39. The van der Waals surface area contributed by atoms with E-state index in [-0.39, 0.29) is 5.92 Å². The standard InChI is InChI=1S/C10H21N3O3/c1-6(2)8(10(15)16)13-9(14)7(12)4-3-5-11/h6-8H,3-5,11-12H2,1-2H3,(H,13,14)(H,15,16)/t7-,8-/m1/s1. The topological polar surface area (TPSA) is 118 Å². The SMILES string of the molecule is CC(C)[C@@H](NC(=O)[C@H](N)CCCN)C(=O)O. The van der Waals surface area contributed by atoms with Crippen LogP contribution in [-0.4, -0.2) is 35.6 Å². The van der Waals surface area contributed by atoms with Crippen molar-refractivity contribution < 1.29 is 14.7 Å². The summed E-state index contributed by atoms with van der Waals surface area (Å²) in [5, 5.41) is 11.3. The van der Waals surface area contributed by atoms with Gasteiger partial charge in [-0.1, -0.05) is 13.8 Å². The predicted octanol–water partition coefficient (Wildman–Crippen LogP) is -0.722. The monoisotopic (exact) mass is 231 g/mol. The van der Waals surface area contributed by atoms with Crippen LogP contribution in [0.1, 0.15) is 26.7 Å². The van der Waals surface area contributed by atoms with E-state index in [1.54, 1.807) is 13.8 Å². The van der Waals surface area contributed by atoms with E-state index in [0.717, 1.165) is 0 Å². The van der Waals surface area contributed by atoms with Crippen molar-refractivity contribution in [2.24, 2.45) is 17.4 Å². The highest BCUT2D eigenvalue weighted by Crippen LogP contribution is 2.03. The summed E-state index contributed by atoms with van der Waals surface area (Å²) < 4.78 is 0. The van der Waals surface area contributed by atoms with Gasteiger partial charge in [-0.25, -0.2) is 4.79 Å². The average Bonchev–Trinajstić information content (AvgIpc) is 2.20. The van der Waals surface area contributed by atoms with Gasteiger partial charge in [0.15, 0.2) is 0 Å². The van der Waals surface area contributed by atoms with E-state index < -0.39 is 24.0 Å². The zero-order valence-electron chi connectivity index (χ0n) is 9.77. The van der Waals surface area contributed by atoms with E-state index in [0.29, 0.717) is 19.4 Å². The Morgan fingerprint density at radius 2 is 1.94 bits per heavy atom. The van der Waals surface area contributed by atoms with Crippen LogP contribution in [0.5, 0.6) is 0 Å². The minimum atomic E-state index is -1.05. The zero-order valence-corrected chi connectivity index (χ0v) is 9.77. The molecule has 0 heterocycles. The number of carboxylic acid groups (broad SMARTS) is 1. The molecule has 6 heteroatoms. The van der Waals surface area contributed by atoms with Gasteiger partial charge in [-0.05, 0) is 25.3 Å². The van der Waals surface area contributed by atoms with Crippen molar-refractivity contribution in [3.63, 3.8) is 0 Å². The molecule has 0 aromatic rings. The van der Waals surface area contributed by atoms with E-state index >= 15 is 0 Å². The zero-order chi connectivity index (χ0) is 12.7. The summed E-state index contributed by atoms with van der Waals surface area (Å²) in [6.07, 6.45) is 1.11. The summed E-state index contributed by atoms with van der Waals surface area (Å²) in [7, 11) is 0. The molecule has 2 atom stereocenters. The van der Waals surface area contributed by atoms with Crippen LogP contribution in [0.3, 0.4) is 0 Å². The number of carbonyl (C=O) groups is 2. The van der Waals surface area contributed by atoms with Gasteiger partial charge >= 0.3 is 5.97 Å². The molecule has 1 amide bonds. The van der Waals surface area contributed by atoms with E-state index in [1.165, 1.54) is 0 Å². The molecular formula is C10H21N3O3. The lowest BCUT2D eigenvalue weighted by Gasteiger charge is -2.20. The van der Waals surface area contributed by atoms with Crippen molar-refractivity contribution in [2.45, 2.75) is 38.8 Å². The van der Waals surface area contributed by atoms with Crippen LogP contribution in [0.15, 0.2) is 0 Å². The maximum Gasteiger partial charge on any atom is 0.326 e. The number of hydrogen-bond donors (Lipinski definition) is 4. The first-order valence-electron chi connectivity index (χ1n) is 5.39. The van der Waals surface area contributed by atoms with Crippen LogP contribution in [0.4, 0.5) is 0 Å². The molecule has 94 valence electrons. The molecule has 0 fully saturated rings. The molecular weight excluding hydrogens is 210 g/mol. The van der Waals surface area contributed by atoms with Crippen LogP contribution in [0, 0.1) is 5.92 Å². The van der Waals surface area contributed by atoms with Crippen LogP contribution in [0.2, 0.25) is 0 Å². The maximum atomic E-state index is 11.5. The summed E-state index contributed by atoms with van der Waals surface area (Å²) in [4.78, 5) is 22.4. The number of amides is 1. The molecule has 0 unspecified atom stereocenters. The van der Waals surface area contributed by atoms with Crippen LogP contribution >= 0.6 is 0 Å². The van der Waals surface area contributed by atoms with E-state index in [4.69, 9.17) is 16.6 Å². The van der Waals surface area contributed by atoms with Crippen molar-refractivity contribution in [2.75, 3.05) is 6.54 Å². The molecule has 0 aromatic heterocycles. The molecule has 6 N–H and O–H groups in total. The van der Waals surface area contributed by atoms with Gasteiger partial charge in [0.05, 0.1) is 6.04 Å². The largest absolute Gasteiger partial charge is 0.480 e. The number of nitrogens with two attached hydrogens (primary N) is 2. The van der Waals surface area contributed by atoms with Crippen LogP contribution < -0.4 is 16.8 Å². The van der Waals surface area contributed by atoms with E-state index in [9.17, 15) is 9.59 Å². The van der Waals surface area contributed by atoms with Crippen LogP contribution in [-0.2, 0) is 9.59 Å². The normalized spacial score (nSPS) is 14.6. The number of hydrogen-bond acceptors (Lipinski definition) is 4. The number of carbonyl (C=O) groups excluding carboxylic acids is 1. The first-order chi connectivity index (χ1) is 7.40. The highest BCUT2D eigenvalue weighted by Gasteiger charge is 2.25. The fourth-order valence-electron chi connectivity index (χ4n) is 1.24. The Morgan fingerprint density at radius 3 is 2.31 bits per heavy atom. The molecule has 16 heavy (non-hydrogen) atoms. The third kappa shape index (κ3) is 5.09. The molecule has 0 aromatic carbocycles. The lowest BCUT2D eigenvalue weighted by Crippen LogP contribution is -2.50. The maximum absolute atomic E-state index is 11.5. The molecule has 0 aliphatic rings. The third-order valence-corrected chi connectivity index (χ3v) is 2.29. The second kappa shape index (κ2) is 7.19. The Kier molecular flexibility index (Phi) is 6.67. The fourth-order valence-corrected chi connectivity index (χ4v) is 1.24. The highest BCUT2D eigenvalue weighted by molar-refractivity contribution is 5.86. The van der Waals surface area contributed by atoms with Crippen molar-refractivity contribution in [3.05, 3.63) is 0 Å². The van der Waals surface area contributed by atoms with Crippen molar-refractivity contribution in [1.29, 1.82) is 0 Å². The summed E-state index contributed by atoms with van der Waals surface area (Å²) in [6, 6.07) is -1.58. The molecule has 0 radical (unpaired) electrons. The molecule has 0 aliphatic carbocycles. The summed E-state index contributed by atoms with van der Waals surface area (Å²) >= 11 is 0. The lowest BCUT2D eigenvalue weighted by molar-refractivity contribution is -0.143. The Hall–Kier alpha value is -1.14. The minimum absolute atomic E-state index is 0.178. The Morgan fingerprint density at radius 1 is 1.38 bits per heavy atom. The molecule has 0 saturated heterocycles. The number of aliphatic carboxylic acids is 1. The van der Waals surface area contributed by atoms with Gasteiger partial charge in [0, 0.05) is 0 Å². The highest BCUT2D eigenvalue weighted by atomic mass is 16.4. The molecule has 0 bridgehead atoms. The fraction of sp³-hybridized carbons (Fsp3) is 0.800. The Labute approximate surface area is 95.4 Å². The van der Waals surface area contributed by atoms with Crippen molar-refractivity contribution >= 4 is 11.9 Å². The summed E-state index contributed by atoms with van der Waals surface area (Å²) in [6.45, 7) is 3.92. The molecule has 0 saturated carbocycles. The molecule has 6 nitrogen and oxygen atoms in total. The Balaban J connectivity index is 4.24. The minimum Gasteiger partial charge on any atom is -0.480 e. The summed E-state index contributed by atoms with van der Waals surface area (Å²) in [5.74, 6) is -1.66. The molecule has 0 aliphatic heterocycles. The van der Waals surface area contributed by atoms with Gasteiger partial charge in [0.1, 0.15) is 6.04 Å². The van der Waals surface area contributed by atoms with Crippen LogP contribution in [0.25, 0.3) is 0 Å². The lowest BCUT2D eigenvalue weighted by atomic mass is 10.0. The molecule has 0 spiro atoms. The van der Waals surface area contributed by atoms with Gasteiger partial charge in [0.25, 0.3) is 0 Å². The van der Waals surface area contributed by atoms with Crippen molar-refractivity contribution in [1.82, 2.24) is 5.32 Å². The quantitative estimate of drug-likeness (QED) is 0.461. The van der Waals surface area contributed by atoms with Crippen molar-refractivity contribution in [3.8, 4) is 0 Å². The van der Waals surface area contributed by atoms with Gasteiger partial charge < -0.3 is 21.9 Å². The smallest absolute Gasteiger partial charge is 0.326 e. The van der Waals surface area contributed by atoms with E-state index in [2.05, 4.69) is 5.32 Å². The number of nitrogens with one attached hydrogen (secondary N) is 1. The second-order valence-corrected chi connectivity index (χ2v) is 4.11. The van der Waals surface area contributed by atoms with E-state index in [1.807, 2.05) is 0 Å². The Bertz CT molecular complexity index is 243. The molecule has 0 rings (SSSR count). The predicted molar refractivity (Wildman–Crippen MR) is 60.7 cm³/mol. The average molecular weight is 231 g/mol. The number of carboxylic acids is 1. The second-order valence-electron chi connectivity index (χ2n) is 4.11. The summed E-state index contributed by atoms with van der Waals surface area (Å²) in [5.41, 5.74) is 10.9. The number of rotatable bonds is 7. The van der Waals surface area contributed by atoms with Gasteiger partial charge in [-0.2, -0.15) is 0 Å². The van der Waals surface area contributed by atoms with Gasteiger partial charge in [0.2, 0.25) is 5.91 Å². The van der Waals surface area contributed by atoms with Gasteiger partial charge in [-0.3, -0.25) is 4.79 Å². The third-order valence-electron chi connectivity index (χ3n) is 2.29.